The number of benzene rings is 1. The minimum Gasteiger partial charge on any atom is -0.322 e. The van der Waals surface area contributed by atoms with Crippen molar-refractivity contribution < 1.29 is 13.6 Å². The molecule has 0 aliphatic rings. The Morgan fingerprint density at radius 1 is 1.39 bits per heavy atom. The second kappa shape index (κ2) is 6.44. The van der Waals surface area contributed by atoms with E-state index in [4.69, 9.17) is 5.73 Å². The van der Waals surface area contributed by atoms with E-state index in [9.17, 15) is 13.6 Å². The molecule has 0 saturated heterocycles. The molecule has 1 aromatic carbocycles. The Morgan fingerprint density at radius 3 is 2.67 bits per heavy atom. The van der Waals surface area contributed by atoms with Gasteiger partial charge in [-0.25, -0.2) is 8.78 Å². The number of carbonyl (C=O) groups is 1. The Bertz CT molecular complexity index is 435. The number of anilines is 1. The molecule has 3 nitrogen and oxygen atoms in total. The number of amides is 1. The summed E-state index contributed by atoms with van der Waals surface area (Å²) in [5, 5.41) is 2.31. The summed E-state index contributed by atoms with van der Waals surface area (Å²) in [4.78, 5) is 11.6. The van der Waals surface area contributed by atoms with Gasteiger partial charge in [-0.05, 0) is 25.0 Å². The number of carbonyl (C=O) groups excluding carboxylic acids is 1. The number of nitrogens with one attached hydrogen (secondary N) is 1. The van der Waals surface area contributed by atoms with Crippen LogP contribution in [0.25, 0.3) is 0 Å². The number of hydrogen-bond donors (Lipinski definition) is 2. The predicted octanol–water partition coefficient (Wildman–Crippen LogP) is 2.73. The van der Waals surface area contributed by atoms with E-state index in [2.05, 4.69) is 5.32 Å². The van der Waals surface area contributed by atoms with Crippen molar-refractivity contribution in [3.05, 3.63) is 29.3 Å². The first-order valence-corrected chi connectivity index (χ1v) is 5.97. The first-order valence-electron chi connectivity index (χ1n) is 5.97. The molecule has 100 valence electrons. The minimum atomic E-state index is -0.700. The zero-order valence-corrected chi connectivity index (χ0v) is 10.6. The SMILES string of the molecule is CCCCC(N)C(=O)Nc1cc(F)c(C)cc1F. The van der Waals surface area contributed by atoms with Crippen molar-refractivity contribution in [3.8, 4) is 0 Å². The largest absolute Gasteiger partial charge is 0.322 e. The predicted molar refractivity (Wildman–Crippen MR) is 67.2 cm³/mol. The summed E-state index contributed by atoms with van der Waals surface area (Å²) in [7, 11) is 0. The number of rotatable bonds is 5. The fraction of sp³-hybridized carbons (Fsp3) is 0.462. The summed E-state index contributed by atoms with van der Waals surface area (Å²) in [5.74, 6) is -1.72. The van der Waals surface area contributed by atoms with E-state index in [1.54, 1.807) is 0 Å². The second-order valence-corrected chi connectivity index (χ2v) is 4.32. The lowest BCUT2D eigenvalue weighted by Crippen LogP contribution is -2.35. The number of nitrogens with two attached hydrogens (primary N) is 1. The van der Waals surface area contributed by atoms with E-state index < -0.39 is 23.6 Å². The Labute approximate surface area is 105 Å². The van der Waals surface area contributed by atoms with Gasteiger partial charge in [-0.1, -0.05) is 19.8 Å². The fourth-order valence-corrected chi connectivity index (χ4v) is 1.52. The van der Waals surface area contributed by atoms with Crippen molar-refractivity contribution in [1.82, 2.24) is 0 Å². The maximum atomic E-state index is 13.5. The number of unbranched alkanes of at least 4 members (excludes halogenated alkanes) is 1. The van der Waals surface area contributed by atoms with E-state index in [-0.39, 0.29) is 11.3 Å². The van der Waals surface area contributed by atoms with Crippen molar-refractivity contribution in [1.29, 1.82) is 0 Å². The van der Waals surface area contributed by atoms with Gasteiger partial charge in [-0.3, -0.25) is 4.79 Å². The summed E-state index contributed by atoms with van der Waals surface area (Å²) in [6, 6.07) is 1.31. The summed E-state index contributed by atoms with van der Waals surface area (Å²) in [6.45, 7) is 3.44. The monoisotopic (exact) mass is 256 g/mol. The van der Waals surface area contributed by atoms with Crippen molar-refractivity contribution in [2.75, 3.05) is 5.32 Å². The molecule has 3 N–H and O–H groups in total. The molecule has 1 rings (SSSR count). The highest BCUT2D eigenvalue weighted by atomic mass is 19.1. The fourth-order valence-electron chi connectivity index (χ4n) is 1.52. The second-order valence-electron chi connectivity index (χ2n) is 4.32. The third-order valence-corrected chi connectivity index (χ3v) is 2.71. The molecule has 0 radical (unpaired) electrons. The van der Waals surface area contributed by atoms with Gasteiger partial charge in [0.15, 0.2) is 0 Å². The van der Waals surface area contributed by atoms with Crippen LogP contribution in [0.15, 0.2) is 12.1 Å². The molecule has 0 fully saturated rings. The molecule has 5 heteroatoms. The average Bonchev–Trinajstić information content (AvgIpc) is 2.32. The van der Waals surface area contributed by atoms with Gasteiger partial charge < -0.3 is 11.1 Å². The molecule has 0 spiro atoms. The molecule has 0 aromatic heterocycles. The van der Waals surface area contributed by atoms with E-state index in [0.29, 0.717) is 6.42 Å². The van der Waals surface area contributed by atoms with Crippen LogP contribution in [0, 0.1) is 18.6 Å². The minimum absolute atomic E-state index is 0.171. The lowest BCUT2D eigenvalue weighted by atomic mass is 10.1. The molecule has 18 heavy (non-hydrogen) atoms. The van der Waals surface area contributed by atoms with Crippen molar-refractivity contribution in [2.24, 2.45) is 5.73 Å². The molecule has 1 amide bonds. The average molecular weight is 256 g/mol. The zero-order chi connectivity index (χ0) is 13.7. The summed E-state index contributed by atoms with van der Waals surface area (Å²) in [6.07, 6.45) is 2.27. The highest BCUT2D eigenvalue weighted by Crippen LogP contribution is 2.19. The lowest BCUT2D eigenvalue weighted by molar-refractivity contribution is -0.117. The lowest BCUT2D eigenvalue weighted by Gasteiger charge is -2.12. The van der Waals surface area contributed by atoms with Crippen LogP contribution in [0.5, 0.6) is 0 Å². The Balaban J connectivity index is 2.72. The number of halogens is 2. The normalized spacial score (nSPS) is 12.3. The number of aryl methyl sites for hydroxylation is 1. The topological polar surface area (TPSA) is 55.1 Å². The molecule has 0 aliphatic carbocycles. The molecule has 0 bridgehead atoms. The zero-order valence-electron chi connectivity index (χ0n) is 10.6. The van der Waals surface area contributed by atoms with Gasteiger partial charge >= 0.3 is 0 Å². The molecular weight excluding hydrogens is 238 g/mol. The van der Waals surface area contributed by atoms with Crippen LogP contribution in [-0.4, -0.2) is 11.9 Å². The number of hydrogen-bond acceptors (Lipinski definition) is 2. The van der Waals surface area contributed by atoms with Crippen LogP contribution in [0.3, 0.4) is 0 Å². The van der Waals surface area contributed by atoms with Crippen LogP contribution in [0.2, 0.25) is 0 Å². The first kappa shape index (κ1) is 14.6. The van der Waals surface area contributed by atoms with Gasteiger partial charge in [0, 0.05) is 6.07 Å². The third-order valence-electron chi connectivity index (χ3n) is 2.71. The smallest absolute Gasteiger partial charge is 0.241 e. The van der Waals surface area contributed by atoms with Gasteiger partial charge in [0.1, 0.15) is 11.6 Å². The maximum absolute atomic E-state index is 13.5. The molecule has 1 aromatic rings. The molecule has 0 aliphatic heterocycles. The van der Waals surface area contributed by atoms with Crippen LogP contribution >= 0.6 is 0 Å². The maximum Gasteiger partial charge on any atom is 0.241 e. The van der Waals surface area contributed by atoms with Gasteiger partial charge in [0.2, 0.25) is 5.91 Å². The molecular formula is C13H18F2N2O. The van der Waals surface area contributed by atoms with E-state index in [0.717, 1.165) is 25.0 Å². The van der Waals surface area contributed by atoms with Crippen molar-refractivity contribution in [2.45, 2.75) is 39.2 Å². The molecule has 0 heterocycles. The van der Waals surface area contributed by atoms with Crippen molar-refractivity contribution in [3.63, 3.8) is 0 Å². The van der Waals surface area contributed by atoms with E-state index in [1.165, 1.54) is 6.92 Å². The van der Waals surface area contributed by atoms with Crippen LogP contribution in [0.1, 0.15) is 31.7 Å². The van der Waals surface area contributed by atoms with Crippen LogP contribution < -0.4 is 11.1 Å². The van der Waals surface area contributed by atoms with Gasteiger partial charge in [0.05, 0.1) is 11.7 Å². The van der Waals surface area contributed by atoms with Gasteiger partial charge in [-0.2, -0.15) is 0 Å². The summed E-state index contributed by atoms with van der Waals surface area (Å²) >= 11 is 0. The third kappa shape index (κ3) is 3.77. The first-order chi connectivity index (χ1) is 8.45. The Kier molecular flexibility index (Phi) is 5.22. The molecule has 1 unspecified atom stereocenters. The quantitative estimate of drug-likeness (QED) is 0.851. The van der Waals surface area contributed by atoms with Crippen molar-refractivity contribution >= 4 is 11.6 Å². The Hall–Kier alpha value is -1.49. The summed E-state index contributed by atoms with van der Waals surface area (Å²) in [5.41, 5.74) is 5.66. The standard InChI is InChI=1S/C13H18F2N2O/c1-3-4-5-11(16)13(18)17-12-7-9(14)8(2)6-10(12)15/h6-7,11H,3-5,16H2,1-2H3,(H,17,18). The van der Waals surface area contributed by atoms with Gasteiger partial charge in [-0.15, -0.1) is 0 Å². The Morgan fingerprint density at radius 2 is 2.06 bits per heavy atom. The van der Waals surface area contributed by atoms with Gasteiger partial charge in [0.25, 0.3) is 0 Å². The highest BCUT2D eigenvalue weighted by molar-refractivity contribution is 5.94. The highest BCUT2D eigenvalue weighted by Gasteiger charge is 2.15. The molecule has 1 atom stereocenters. The van der Waals surface area contributed by atoms with Crippen LogP contribution in [-0.2, 0) is 4.79 Å². The molecule has 0 saturated carbocycles. The van der Waals surface area contributed by atoms with E-state index >= 15 is 0 Å². The summed E-state index contributed by atoms with van der Waals surface area (Å²) < 4.78 is 26.7. The van der Waals surface area contributed by atoms with Crippen LogP contribution in [0.4, 0.5) is 14.5 Å². The van der Waals surface area contributed by atoms with E-state index in [1.807, 2.05) is 6.92 Å².